The number of pyridine rings is 1. The number of nitrogens with one attached hydrogen (secondary N) is 2. The number of carbonyl (C=O) groups is 4. The Kier molecular flexibility index (Phi) is 9.67. The molecule has 3 amide bonds. The van der Waals surface area contributed by atoms with Gasteiger partial charge in [-0.2, -0.15) is 0 Å². The van der Waals surface area contributed by atoms with E-state index in [0.717, 1.165) is 5.56 Å². The zero-order valence-electron chi connectivity index (χ0n) is 27.8. The molecule has 6 rings (SSSR count). The lowest BCUT2D eigenvalue weighted by atomic mass is 10.1. The second kappa shape index (κ2) is 14.0. The first-order valence-corrected chi connectivity index (χ1v) is 18.0. The summed E-state index contributed by atoms with van der Waals surface area (Å²) in [5, 5.41) is 2.83. The molecule has 1 aromatic heterocycles. The molecule has 0 radical (unpaired) electrons. The number of sulfonamides is 1. The molecule has 2 heterocycles. The molecule has 1 aliphatic heterocycles. The largest absolute Gasteiger partial charge is 0.497 e. The summed E-state index contributed by atoms with van der Waals surface area (Å²) < 4.78 is 39.3. The van der Waals surface area contributed by atoms with Crippen LogP contribution in [0.1, 0.15) is 45.4 Å². The van der Waals surface area contributed by atoms with E-state index in [2.05, 4.69) is 28.5 Å². The van der Waals surface area contributed by atoms with E-state index < -0.39 is 62.4 Å². The number of benzene rings is 2. The average molecular weight is 699 g/mol. The SMILES string of the molecule is C=C[C@@H]1C[C@]1(NC(=O)[C@@H]1CC(Oc2cc(-c3ccccc3)nc3cc(OC)ccc23)CN1C(=O)CCC(=O)C#CC)C(=O)NS(=O)(=O)C1CC1. The Morgan fingerprint density at radius 1 is 1.10 bits per heavy atom. The fourth-order valence-corrected chi connectivity index (χ4v) is 7.69. The average Bonchev–Trinajstić information content (AvgIpc) is 4.04. The first kappa shape index (κ1) is 34.6. The summed E-state index contributed by atoms with van der Waals surface area (Å²) in [6.45, 7) is 5.30. The van der Waals surface area contributed by atoms with E-state index in [4.69, 9.17) is 14.5 Å². The van der Waals surface area contributed by atoms with Crippen molar-refractivity contribution in [1.29, 1.82) is 0 Å². The number of aromatic nitrogens is 1. The van der Waals surface area contributed by atoms with Gasteiger partial charge in [0, 0.05) is 48.3 Å². The van der Waals surface area contributed by atoms with Crippen molar-refractivity contribution in [3.05, 3.63) is 67.3 Å². The number of methoxy groups -OCH3 is 1. The Balaban J connectivity index is 1.28. The molecule has 3 aromatic rings. The number of ether oxygens (including phenoxy) is 2. The highest BCUT2D eigenvalue weighted by molar-refractivity contribution is 7.91. The lowest BCUT2D eigenvalue weighted by Crippen LogP contribution is -2.56. The molecule has 2 aliphatic carbocycles. The Morgan fingerprint density at radius 2 is 1.86 bits per heavy atom. The lowest BCUT2D eigenvalue weighted by molar-refractivity contribution is -0.140. The van der Waals surface area contributed by atoms with Gasteiger partial charge in [0.2, 0.25) is 27.6 Å². The number of rotatable bonds is 13. The highest BCUT2D eigenvalue weighted by atomic mass is 32.2. The first-order chi connectivity index (χ1) is 24.0. The molecule has 0 spiro atoms. The Bertz CT molecular complexity index is 2040. The number of likely N-dealkylation sites (tertiary alicyclic amines) is 1. The van der Waals surface area contributed by atoms with Crippen molar-refractivity contribution in [2.24, 2.45) is 5.92 Å². The summed E-state index contributed by atoms with van der Waals surface area (Å²) in [6, 6.07) is 15.7. The van der Waals surface area contributed by atoms with Gasteiger partial charge < -0.3 is 19.7 Å². The summed E-state index contributed by atoms with van der Waals surface area (Å²) >= 11 is 0. The van der Waals surface area contributed by atoms with Crippen LogP contribution in [0.5, 0.6) is 11.5 Å². The van der Waals surface area contributed by atoms with Crippen LogP contribution < -0.4 is 19.5 Å². The minimum atomic E-state index is -3.88. The maximum absolute atomic E-state index is 14.0. The normalized spacial score (nSPS) is 22.5. The van der Waals surface area contributed by atoms with Crippen molar-refractivity contribution in [2.45, 2.75) is 68.4 Å². The summed E-state index contributed by atoms with van der Waals surface area (Å²) in [4.78, 5) is 59.3. The molecule has 1 saturated heterocycles. The molecular weight excluding hydrogens is 660 g/mol. The highest BCUT2D eigenvalue weighted by Gasteiger charge is 2.61. The summed E-state index contributed by atoms with van der Waals surface area (Å²) in [5.41, 5.74) is 0.604. The topological polar surface area (TPSA) is 161 Å². The number of hydrogen-bond acceptors (Lipinski definition) is 9. The van der Waals surface area contributed by atoms with Crippen LogP contribution in [0, 0.1) is 17.8 Å². The van der Waals surface area contributed by atoms with E-state index in [1.807, 2.05) is 42.5 Å². The number of carbonyl (C=O) groups excluding carboxylic acids is 4. The van der Waals surface area contributed by atoms with Gasteiger partial charge in [0.15, 0.2) is 0 Å². The van der Waals surface area contributed by atoms with E-state index in [9.17, 15) is 27.6 Å². The number of ketones is 1. The molecule has 3 fully saturated rings. The molecule has 0 bridgehead atoms. The van der Waals surface area contributed by atoms with Gasteiger partial charge in [-0.05, 0) is 44.2 Å². The van der Waals surface area contributed by atoms with Gasteiger partial charge in [-0.3, -0.25) is 23.9 Å². The first-order valence-electron chi connectivity index (χ1n) is 16.4. The van der Waals surface area contributed by atoms with Crippen molar-refractivity contribution in [2.75, 3.05) is 13.7 Å². The van der Waals surface area contributed by atoms with Crippen LogP contribution in [0.15, 0.2) is 67.3 Å². The van der Waals surface area contributed by atoms with Crippen LogP contribution in [0.25, 0.3) is 22.2 Å². The van der Waals surface area contributed by atoms with Crippen LogP contribution in [0.4, 0.5) is 0 Å². The van der Waals surface area contributed by atoms with E-state index in [0.29, 0.717) is 40.9 Å². The van der Waals surface area contributed by atoms with Gasteiger partial charge in [0.1, 0.15) is 29.2 Å². The summed E-state index contributed by atoms with van der Waals surface area (Å²) in [6.07, 6.45) is 1.69. The predicted molar refractivity (Wildman–Crippen MR) is 185 cm³/mol. The third kappa shape index (κ3) is 7.21. The molecule has 12 nitrogen and oxygen atoms in total. The monoisotopic (exact) mass is 698 g/mol. The van der Waals surface area contributed by atoms with Gasteiger partial charge >= 0.3 is 0 Å². The standard InChI is InChI=1S/C37H38N4O8S/c1-4-9-25(42)12-17-34(43)41-22-27(19-32(41)35(44)39-37(21-24(37)5-2)36(45)40-50(46,47)28-14-15-28)49-33-20-30(23-10-7-6-8-11-23)38-31-18-26(48-3)13-16-29(31)33/h5-8,10-11,13,16,18,20,24,27-28,32H,2,12,14-15,17,19,21-22H2,1,3H3,(H,39,44)(H,40,45)/t24-,27?,32+,37-/m1/s1. The smallest absolute Gasteiger partial charge is 0.259 e. The maximum atomic E-state index is 14.0. The predicted octanol–water partition coefficient (Wildman–Crippen LogP) is 3.30. The Morgan fingerprint density at radius 3 is 2.52 bits per heavy atom. The van der Waals surface area contributed by atoms with Crippen molar-refractivity contribution >= 4 is 44.4 Å². The Hall–Kier alpha value is -5.22. The van der Waals surface area contributed by atoms with Gasteiger partial charge in [-0.25, -0.2) is 13.4 Å². The van der Waals surface area contributed by atoms with Crippen LogP contribution in [0.3, 0.4) is 0 Å². The quantitative estimate of drug-likeness (QED) is 0.155. The fraction of sp³-hybridized carbons (Fsp3) is 0.378. The lowest BCUT2D eigenvalue weighted by Gasteiger charge is -2.26. The van der Waals surface area contributed by atoms with Crippen molar-refractivity contribution in [3.63, 3.8) is 0 Å². The number of Topliss-reactive ketones (excluding diaryl/α,β-unsaturated/α-hetero) is 1. The van der Waals surface area contributed by atoms with Crippen LogP contribution in [-0.2, 0) is 29.2 Å². The van der Waals surface area contributed by atoms with Crippen molar-refractivity contribution in [3.8, 4) is 34.6 Å². The minimum absolute atomic E-state index is 0.0192. The zero-order valence-corrected chi connectivity index (χ0v) is 28.6. The van der Waals surface area contributed by atoms with Gasteiger partial charge in [-0.1, -0.05) is 42.3 Å². The molecule has 4 atom stereocenters. The minimum Gasteiger partial charge on any atom is -0.497 e. The van der Waals surface area contributed by atoms with Gasteiger partial charge in [0.05, 0.1) is 30.1 Å². The molecule has 3 aliphatic rings. The Labute approximate surface area is 290 Å². The fourth-order valence-electron chi connectivity index (χ4n) is 6.33. The number of nitrogens with zero attached hydrogens (tertiary/aromatic N) is 2. The van der Waals surface area contributed by atoms with Crippen molar-refractivity contribution < 1.29 is 37.1 Å². The molecule has 50 heavy (non-hydrogen) atoms. The van der Waals surface area contributed by atoms with E-state index in [1.165, 1.54) is 17.9 Å². The second-order valence-corrected chi connectivity index (χ2v) is 14.7. The molecule has 1 unspecified atom stereocenters. The maximum Gasteiger partial charge on any atom is 0.259 e. The summed E-state index contributed by atoms with van der Waals surface area (Å²) in [7, 11) is -2.31. The third-order valence-electron chi connectivity index (χ3n) is 9.31. The van der Waals surface area contributed by atoms with E-state index in [-0.39, 0.29) is 32.2 Å². The van der Waals surface area contributed by atoms with Gasteiger partial charge in [-0.15, -0.1) is 6.58 Å². The number of fused-ring (bicyclic) bond motifs is 1. The molecule has 2 saturated carbocycles. The molecule has 13 heteroatoms. The molecular formula is C37H38N4O8S. The molecule has 2 N–H and O–H groups in total. The number of amides is 3. The molecule has 2 aromatic carbocycles. The summed E-state index contributed by atoms with van der Waals surface area (Å²) in [5.74, 6) is 3.22. The van der Waals surface area contributed by atoms with Crippen LogP contribution >= 0.6 is 0 Å². The van der Waals surface area contributed by atoms with Crippen LogP contribution in [0.2, 0.25) is 0 Å². The number of hydrogen-bond donors (Lipinski definition) is 2. The van der Waals surface area contributed by atoms with Gasteiger partial charge in [0.25, 0.3) is 5.91 Å². The molecule has 260 valence electrons. The van der Waals surface area contributed by atoms with E-state index in [1.54, 1.807) is 19.2 Å². The highest BCUT2D eigenvalue weighted by Crippen LogP contribution is 2.45. The van der Waals surface area contributed by atoms with E-state index >= 15 is 0 Å². The van der Waals surface area contributed by atoms with Crippen LogP contribution in [-0.4, -0.2) is 78.4 Å². The zero-order chi connectivity index (χ0) is 35.6. The second-order valence-electron chi connectivity index (χ2n) is 12.8. The van der Waals surface area contributed by atoms with Crippen molar-refractivity contribution in [1.82, 2.24) is 19.9 Å². The third-order valence-corrected chi connectivity index (χ3v) is 11.1.